The number of amides is 2. The van der Waals surface area contributed by atoms with E-state index in [0.717, 1.165) is 51.2 Å². The van der Waals surface area contributed by atoms with E-state index in [9.17, 15) is 9.59 Å². The van der Waals surface area contributed by atoms with Gasteiger partial charge in [-0.2, -0.15) is 0 Å². The predicted octanol–water partition coefficient (Wildman–Crippen LogP) is 1.06. The van der Waals surface area contributed by atoms with Gasteiger partial charge in [0.25, 0.3) is 0 Å². The number of carbonyl (C=O) groups is 2. The topological polar surface area (TPSA) is 53.1 Å². The van der Waals surface area contributed by atoms with Crippen LogP contribution in [0.4, 0.5) is 0 Å². The summed E-state index contributed by atoms with van der Waals surface area (Å²) in [5.74, 6) is 4.01. The standard InChI is InChI=1S/C21H33N3O3/c25-19(14-22-5-7-27-8-6-22)23-1-3-24(4-2-23)21(26)20-17-10-15-9-16(12-17)13-18(20)11-15/h15-18,20H,1-14H2. The average molecular weight is 376 g/mol. The van der Waals surface area contributed by atoms with Crippen LogP contribution in [0.25, 0.3) is 0 Å². The normalized spacial score (nSPS) is 39.0. The van der Waals surface area contributed by atoms with Crippen molar-refractivity contribution in [2.75, 3.05) is 59.0 Å². The Kier molecular flexibility index (Phi) is 4.88. The lowest BCUT2D eigenvalue weighted by atomic mass is 9.51. The molecule has 150 valence electrons. The number of rotatable bonds is 3. The van der Waals surface area contributed by atoms with Gasteiger partial charge in [-0.05, 0) is 55.8 Å². The number of hydrogen-bond acceptors (Lipinski definition) is 4. The zero-order valence-electron chi connectivity index (χ0n) is 16.4. The van der Waals surface area contributed by atoms with Crippen molar-refractivity contribution >= 4 is 11.8 Å². The Bertz CT molecular complexity index is 553. The molecule has 4 aliphatic carbocycles. The van der Waals surface area contributed by atoms with Crippen molar-refractivity contribution in [3.8, 4) is 0 Å². The van der Waals surface area contributed by atoms with Crippen LogP contribution in [0.2, 0.25) is 0 Å². The molecular formula is C21H33N3O3. The molecule has 6 rings (SSSR count). The number of ether oxygens (including phenoxy) is 1. The summed E-state index contributed by atoms with van der Waals surface area (Å²) in [6, 6.07) is 0. The minimum atomic E-state index is 0.207. The Hall–Kier alpha value is -1.14. The quantitative estimate of drug-likeness (QED) is 0.740. The van der Waals surface area contributed by atoms with Crippen LogP contribution in [0.3, 0.4) is 0 Å². The van der Waals surface area contributed by atoms with Crippen LogP contribution in [-0.4, -0.2) is 85.5 Å². The molecule has 0 aromatic carbocycles. The summed E-state index contributed by atoms with van der Waals surface area (Å²) in [5.41, 5.74) is 0. The third kappa shape index (κ3) is 3.51. The lowest BCUT2D eigenvalue weighted by Gasteiger charge is -2.54. The molecule has 6 aliphatic rings. The molecule has 0 unspecified atom stereocenters. The Morgan fingerprint density at radius 3 is 1.89 bits per heavy atom. The fraction of sp³-hybridized carbons (Fsp3) is 0.905. The minimum Gasteiger partial charge on any atom is -0.379 e. The zero-order valence-corrected chi connectivity index (χ0v) is 16.4. The van der Waals surface area contributed by atoms with E-state index in [1.165, 1.54) is 32.1 Å². The summed E-state index contributed by atoms with van der Waals surface area (Å²) in [5, 5.41) is 0. The van der Waals surface area contributed by atoms with Gasteiger partial charge in [0.05, 0.1) is 19.8 Å². The number of morpholine rings is 1. The number of hydrogen-bond donors (Lipinski definition) is 0. The van der Waals surface area contributed by atoms with Gasteiger partial charge in [-0.15, -0.1) is 0 Å². The third-order valence-electron chi connectivity index (χ3n) is 7.92. The molecule has 0 aromatic heterocycles. The van der Waals surface area contributed by atoms with Crippen LogP contribution in [0.5, 0.6) is 0 Å². The van der Waals surface area contributed by atoms with Gasteiger partial charge in [-0.1, -0.05) is 0 Å². The van der Waals surface area contributed by atoms with Gasteiger partial charge < -0.3 is 14.5 Å². The second kappa shape index (κ2) is 7.36. The highest BCUT2D eigenvalue weighted by molar-refractivity contribution is 5.81. The smallest absolute Gasteiger partial charge is 0.236 e. The maximum Gasteiger partial charge on any atom is 0.236 e. The van der Waals surface area contributed by atoms with Gasteiger partial charge >= 0.3 is 0 Å². The van der Waals surface area contributed by atoms with E-state index in [1.54, 1.807) is 0 Å². The minimum absolute atomic E-state index is 0.207. The Balaban J connectivity index is 1.14. The Labute approximate surface area is 162 Å². The molecule has 6 fully saturated rings. The third-order valence-corrected chi connectivity index (χ3v) is 7.92. The number of nitrogens with zero attached hydrogens (tertiary/aromatic N) is 3. The molecule has 27 heavy (non-hydrogen) atoms. The highest BCUT2D eigenvalue weighted by Crippen LogP contribution is 2.56. The SMILES string of the molecule is O=C(CN1CCOCC1)N1CCN(C(=O)C2C3CC4CC(C3)CC2C4)CC1. The van der Waals surface area contributed by atoms with Crippen molar-refractivity contribution in [2.24, 2.45) is 29.6 Å². The van der Waals surface area contributed by atoms with Crippen molar-refractivity contribution in [1.29, 1.82) is 0 Å². The van der Waals surface area contributed by atoms with Crippen LogP contribution in [-0.2, 0) is 14.3 Å². The molecule has 6 nitrogen and oxygen atoms in total. The van der Waals surface area contributed by atoms with Crippen molar-refractivity contribution in [1.82, 2.24) is 14.7 Å². The second-order valence-electron chi connectivity index (χ2n) is 9.55. The van der Waals surface area contributed by atoms with E-state index in [2.05, 4.69) is 9.80 Å². The summed E-state index contributed by atoms with van der Waals surface area (Å²) in [6.45, 7) is 6.46. The molecule has 0 radical (unpaired) electrons. The molecule has 2 heterocycles. The van der Waals surface area contributed by atoms with Crippen molar-refractivity contribution < 1.29 is 14.3 Å². The van der Waals surface area contributed by atoms with Crippen LogP contribution in [0.15, 0.2) is 0 Å². The highest BCUT2D eigenvalue weighted by Gasteiger charge is 2.51. The Morgan fingerprint density at radius 1 is 0.741 bits per heavy atom. The van der Waals surface area contributed by atoms with E-state index in [0.29, 0.717) is 37.4 Å². The fourth-order valence-electron chi connectivity index (χ4n) is 6.77. The van der Waals surface area contributed by atoms with E-state index >= 15 is 0 Å². The van der Waals surface area contributed by atoms with Crippen LogP contribution < -0.4 is 0 Å². The molecule has 0 aromatic rings. The van der Waals surface area contributed by atoms with Gasteiger partial charge in [0, 0.05) is 45.2 Å². The second-order valence-corrected chi connectivity index (χ2v) is 9.55. The molecule has 2 saturated heterocycles. The molecule has 4 bridgehead atoms. The van der Waals surface area contributed by atoms with Crippen LogP contribution in [0, 0.1) is 29.6 Å². The van der Waals surface area contributed by atoms with Gasteiger partial charge in [0.1, 0.15) is 0 Å². The van der Waals surface area contributed by atoms with E-state index in [-0.39, 0.29) is 11.8 Å². The predicted molar refractivity (Wildman–Crippen MR) is 101 cm³/mol. The summed E-state index contributed by atoms with van der Waals surface area (Å²) in [6.07, 6.45) is 6.60. The first-order valence-corrected chi connectivity index (χ1v) is 11.0. The van der Waals surface area contributed by atoms with Gasteiger partial charge in [0.2, 0.25) is 11.8 Å². The lowest BCUT2D eigenvalue weighted by molar-refractivity contribution is -0.153. The van der Waals surface area contributed by atoms with Crippen molar-refractivity contribution in [3.63, 3.8) is 0 Å². The molecule has 0 atom stereocenters. The highest BCUT2D eigenvalue weighted by atomic mass is 16.5. The maximum atomic E-state index is 13.3. The van der Waals surface area contributed by atoms with Crippen molar-refractivity contribution in [3.05, 3.63) is 0 Å². The van der Waals surface area contributed by atoms with Gasteiger partial charge in [-0.3, -0.25) is 14.5 Å². The molecule has 0 spiro atoms. The first-order chi connectivity index (χ1) is 13.2. The molecule has 0 N–H and O–H groups in total. The molecule has 4 saturated carbocycles. The monoisotopic (exact) mass is 375 g/mol. The van der Waals surface area contributed by atoms with Gasteiger partial charge in [-0.25, -0.2) is 0 Å². The zero-order chi connectivity index (χ0) is 18.4. The average Bonchev–Trinajstić information content (AvgIpc) is 2.68. The lowest BCUT2D eigenvalue weighted by Crippen LogP contribution is -2.57. The van der Waals surface area contributed by atoms with Crippen LogP contribution >= 0.6 is 0 Å². The van der Waals surface area contributed by atoms with E-state index < -0.39 is 0 Å². The fourth-order valence-corrected chi connectivity index (χ4v) is 6.77. The molecule has 2 amide bonds. The molecule has 6 heteroatoms. The van der Waals surface area contributed by atoms with Gasteiger partial charge in [0.15, 0.2) is 0 Å². The van der Waals surface area contributed by atoms with Crippen LogP contribution in [0.1, 0.15) is 32.1 Å². The first-order valence-electron chi connectivity index (χ1n) is 11.0. The number of piperazine rings is 1. The summed E-state index contributed by atoms with van der Waals surface area (Å²) in [4.78, 5) is 32.1. The Morgan fingerprint density at radius 2 is 1.30 bits per heavy atom. The molecule has 2 aliphatic heterocycles. The summed E-state index contributed by atoms with van der Waals surface area (Å²) in [7, 11) is 0. The first kappa shape index (κ1) is 17.9. The summed E-state index contributed by atoms with van der Waals surface area (Å²) < 4.78 is 5.35. The summed E-state index contributed by atoms with van der Waals surface area (Å²) >= 11 is 0. The maximum absolute atomic E-state index is 13.3. The largest absolute Gasteiger partial charge is 0.379 e. The van der Waals surface area contributed by atoms with E-state index in [1.807, 2.05) is 4.90 Å². The molecular weight excluding hydrogens is 342 g/mol. The van der Waals surface area contributed by atoms with E-state index in [4.69, 9.17) is 4.74 Å². The van der Waals surface area contributed by atoms with Crippen molar-refractivity contribution in [2.45, 2.75) is 32.1 Å². The number of carbonyl (C=O) groups excluding carboxylic acids is 2.